The van der Waals surface area contributed by atoms with Gasteiger partial charge in [-0.3, -0.25) is 4.98 Å². The number of aliphatic hydroxyl groups is 1. The molecule has 1 aromatic rings. The predicted molar refractivity (Wildman–Crippen MR) is 50.2 cm³/mol. The highest BCUT2D eigenvalue weighted by Crippen LogP contribution is 2.16. The monoisotopic (exact) mass is 186 g/mol. The van der Waals surface area contributed by atoms with Gasteiger partial charge in [-0.2, -0.15) is 0 Å². The van der Waals surface area contributed by atoms with Crippen molar-refractivity contribution in [2.45, 2.75) is 25.9 Å². The van der Waals surface area contributed by atoms with Gasteiger partial charge in [-0.1, -0.05) is 0 Å². The van der Waals surface area contributed by atoms with Gasteiger partial charge in [-0.05, 0) is 13.8 Å². The van der Waals surface area contributed by atoms with Gasteiger partial charge < -0.3 is 10.4 Å². The number of thiazole rings is 1. The second-order valence-corrected chi connectivity index (χ2v) is 3.79. The molecule has 0 bridgehead atoms. The summed E-state index contributed by atoms with van der Waals surface area (Å²) < 4.78 is 0. The second kappa shape index (κ2) is 4.54. The minimum atomic E-state index is 0.141. The van der Waals surface area contributed by atoms with Gasteiger partial charge >= 0.3 is 0 Å². The molecule has 0 aliphatic carbocycles. The fourth-order valence-corrected chi connectivity index (χ4v) is 1.64. The van der Waals surface area contributed by atoms with Gasteiger partial charge in [0.25, 0.3) is 0 Å². The van der Waals surface area contributed by atoms with Crippen LogP contribution in [-0.4, -0.2) is 22.7 Å². The molecule has 0 aliphatic heterocycles. The van der Waals surface area contributed by atoms with Crippen LogP contribution in [0.15, 0.2) is 11.7 Å². The molecule has 2 N–H and O–H groups in total. The Labute approximate surface area is 76.5 Å². The van der Waals surface area contributed by atoms with E-state index in [1.54, 1.807) is 11.3 Å². The highest BCUT2D eigenvalue weighted by Gasteiger charge is 2.09. The molecular weight excluding hydrogens is 172 g/mol. The highest BCUT2D eigenvalue weighted by molar-refractivity contribution is 7.09. The van der Waals surface area contributed by atoms with Crippen molar-refractivity contribution in [3.05, 3.63) is 16.6 Å². The molecule has 0 aliphatic rings. The standard InChI is InChI=1S/C8H14N2OS/c1-6(4-11)10-7(2)8-3-9-5-12-8/h3,5-7,10-11H,4H2,1-2H3/t6-,7?/m0/s1. The van der Waals surface area contributed by atoms with E-state index in [4.69, 9.17) is 5.11 Å². The molecule has 1 aromatic heterocycles. The minimum Gasteiger partial charge on any atom is -0.395 e. The van der Waals surface area contributed by atoms with Crippen LogP contribution in [0.2, 0.25) is 0 Å². The van der Waals surface area contributed by atoms with E-state index >= 15 is 0 Å². The number of nitrogens with one attached hydrogen (secondary N) is 1. The summed E-state index contributed by atoms with van der Waals surface area (Å²) in [7, 11) is 0. The summed E-state index contributed by atoms with van der Waals surface area (Å²) >= 11 is 1.63. The van der Waals surface area contributed by atoms with E-state index < -0.39 is 0 Å². The Morgan fingerprint density at radius 3 is 2.92 bits per heavy atom. The lowest BCUT2D eigenvalue weighted by atomic mass is 10.2. The van der Waals surface area contributed by atoms with E-state index in [2.05, 4.69) is 17.2 Å². The van der Waals surface area contributed by atoms with E-state index in [0.717, 1.165) is 0 Å². The van der Waals surface area contributed by atoms with Gasteiger partial charge in [-0.15, -0.1) is 11.3 Å². The molecule has 12 heavy (non-hydrogen) atoms. The maximum Gasteiger partial charge on any atom is 0.0794 e. The fourth-order valence-electron chi connectivity index (χ4n) is 1.00. The first-order valence-corrected chi connectivity index (χ1v) is 4.87. The first-order valence-electron chi connectivity index (χ1n) is 3.99. The summed E-state index contributed by atoms with van der Waals surface area (Å²) in [4.78, 5) is 5.20. The lowest BCUT2D eigenvalue weighted by Crippen LogP contribution is -2.31. The quantitative estimate of drug-likeness (QED) is 0.742. The van der Waals surface area contributed by atoms with Crippen molar-refractivity contribution in [3.8, 4) is 0 Å². The van der Waals surface area contributed by atoms with Crippen LogP contribution in [-0.2, 0) is 0 Å². The van der Waals surface area contributed by atoms with E-state index in [1.165, 1.54) is 4.88 Å². The van der Waals surface area contributed by atoms with E-state index in [1.807, 2.05) is 18.6 Å². The molecule has 3 nitrogen and oxygen atoms in total. The van der Waals surface area contributed by atoms with Gasteiger partial charge in [0.2, 0.25) is 0 Å². The van der Waals surface area contributed by atoms with Gasteiger partial charge in [0.05, 0.1) is 12.1 Å². The summed E-state index contributed by atoms with van der Waals surface area (Å²) in [6.07, 6.45) is 1.85. The van der Waals surface area contributed by atoms with Crippen molar-refractivity contribution in [1.82, 2.24) is 10.3 Å². The van der Waals surface area contributed by atoms with Crippen molar-refractivity contribution in [3.63, 3.8) is 0 Å². The van der Waals surface area contributed by atoms with Crippen molar-refractivity contribution >= 4 is 11.3 Å². The first-order chi connectivity index (χ1) is 5.74. The number of hydrogen-bond acceptors (Lipinski definition) is 4. The maximum absolute atomic E-state index is 8.81. The van der Waals surface area contributed by atoms with Crippen LogP contribution < -0.4 is 5.32 Å². The zero-order chi connectivity index (χ0) is 8.97. The lowest BCUT2D eigenvalue weighted by Gasteiger charge is -2.16. The molecule has 0 radical (unpaired) electrons. The Morgan fingerprint density at radius 2 is 2.42 bits per heavy atom. The van der Waals surface area contributed by atoms with E-state index in [0.29, 0.717) is 0 Å². The molecule has 0 spiro atoms. The summed E-state index contributed by atoms with van der Waals surface area (Å²) in [6, 6.07) is 0.418. The van der Waals surface area contributed by atoms with Crippen LogP contribution in [0.3, 0.4) is 0 Å². The largest absolute Gasteiger partial charge is 0.395 e. The molecule has 0 aromatic carbocycles. The van der Waals surface area contributed by atoms with Crippen molar-refractivity contribution in [1.29, 1.82) is 0 Å². The Kier molecular flexibility index (Phi) is 3.65. The summed E-state index contributed by atoms with van der Waals surface area (Å²) in [5.41, 5.74) is 1.82. The van der Waals surface area contributed by atoms with Crippen molar-refractivity contribution in [2.75, 3.05) is 6.61 Å². The van der Waals surface area contributed by atoms with E-state index in [9.17, 15) is 0 Å². The van der Waals surface area contributed by atoms with Crippen LogP contribution in [0.5, 0.6) is 0 Å². The summed E-state index contributed by atoms with van der Waals surface area (Å²) in [6.45, 7) is 4.19. The highest BCUT2D eigenvalue weighted by atomic mass is 32.1. The molecular formula is C8H14N2OS. The molecule has 1 rings (SSSR count). The molecule has 0 fully saturated rings. The Morgan fingerprint density at radius 1 is 1.67 bits per heavy atom. The number of rotatable bonds is 4. The predicted octanol–water partition coefficient (Wildman–Crippen LogP) is 1.17. The first kappa shape index (κ1) is 9.64. The third-order valence-corrected chi connectivity index (χ3v) is 2.64. The van der Waals surface area contributed by atoms with Crippen LogP contribution in [0, 0.1) is 0 Å². The summed E-state index contributed by atoms with van der Waals surface area (Å²) in [5.74, 6) is 0. The van der Waals surface area contributed by atoms with Gasteiger partial charge in [0, 0.05) is 23.2 Å². The minimum absolute atomic E-state index is 0.141. The molecule has 0 saturated heterocycles. The van der Waals surface area contributed by atoms with Crippen molar-refractivity contribution < 1.29 is 5.11 Å². The molecule has 68 valence electrons. The Balaban J connectivity index is 2.44. The number of hydrogen-bond donors (Lipinski definition) is 2. The third-order valence-electron chi connectivity index (χ3n) is 1.69. The Hall–Kier alpha value is -0.450. The van der Waals surface area contributed by atoms with E-state index in [-0.39, 0.29) is 18.7 Å². The molecule has 0 amide bonds. The maximum atomic E-state index is 8.81. The van der Waals surface area contributed by atoms with Gasteiger partial charge in [-0.25, -0.2) is 0 Å². The molecule has 1 unspecified atom stereocenters. The number of aromatic nitrogens is 1. The van der Waals surface area contributed by atoms with Crippen LogP contribution in [0.1, 0.15) is 24.8 Å². The zero-order valence-corrected chi connectivity index (χ0v) is 8.14. The molecule has 1 heterocycles. The Bertz CT molecular complexity index is 213. The topological polar surface area (TPSA) is 45.1 Å². The van der Waals surface area contributed by atoms with Crippen LogP contribution >= 0.6 is 11.3 Å². The molecule has 2 atom stereocenters. The summed E-state index contributed by atoms with van der Waals surface area (Å²) in [5, 5.41) is 12.1. The number of aliphatic hydroxyl groups excluding tert-OH is 1. The average Bonchev–Trinajstić information content (AvgIpc) is 2.56. The van der Waals surface area contributed by atoms with Gasteiger partial charge in [0.15, 0.2) is 0 Å². The fraction of sp³-hybridized carbons (Fsp3) is 0.625. The molecule has 0 saturated carbocycles. The zero-order valence-electron chi connectivity index (χ0n) is 7.32. The number of nitrogens with zero attached hydrogens (tertiary/aromatic N) is 1. The van der Waals surface area contributed by atoms with Gasteiger partial charge in [0.1, 0.15) is 0 Å². The lowest BCUT2D eigenvalue weighted by molar-refractivity contribution is 0.243. The van der Waals surface area contributed by atoms with Crippen LogP contribution in [0.25, 0.3) is 0 Å². The van der Waals surface area contributed by atoms with Crippen LogP contribution in [0.4, 0.5) is 0 Å². The SMILES string of the molecule is CC(N[C@@H](C)CO)c1cncs1. The average molecular weight is 186 g/mol. The normalized spacial score (nSPS) is 15.9. The van der Waals surface area contributed by atoms with Crippen molar-refractivity contribution in [2.24, 2.45) is 0 Å². The second-order valence-electron chi connectivity index (χ2n) is 2.88. The molecule has 4 heteroatoms. The third kappa shape index (κ3) is 2.55. The smallest absolute Gasteiger partial charge is 0.0794 e.